The SMILES string of the molecule is Bc1cnn2c(NCC3CCCN(C(=O)Nc4cccc(C(F)(F)F)c4)C3)cc(-c3ccccc3O)nc12. The van der Waals surface area contributed by atoms with Crippen LogP contribution < -0.4 is 16.1 Å². The highest BCUT2D eigenvalue weighted by atomic mass is 19.4. The molecular weight excluding hydrogens is 496 g/mol. The number of anilines is 2. The zero-order valence-electron chi connectivity index (χ0n) is 20.7. The van der Waals surface area contributed by atoms with E-state index < -0.39 is 17.8 Å². The van der Waals surface area contributed by atoms with Crippen LogP contribution in [0.5, 0.6) is 5.75 Å². The molecule has 1 fully saturated rings. The fourth-order valence-corrected chi connectivity index (χ4v) is 4.67. The molecule has 0 bridgehead atoms. The van der Waals surface area contributed by atoms with Gasteiger partial charge in [-0.1, -0.05) is 18.2 Å². The highest BCUT2D eigenvalue weighted by Crippen LogP contribution is 2.31. The number of carbonyl (C=O) groups excluding carboxylic acids is 1. The van der Waals surface area contributed by atoms with Crippen molar-refractivity contribution in [2.75, 3.05) is 30.3 Å². The number of hydrogen-bond acceptors (Lipinski definition) is 5. The number of carbonyl (C=O) groups is 1. The molecule has 1 aliphatic rings. The largest absolute Gasteiger partial charge is 0.507 e. The van der Waals surface area contributed by atoms with Crippen LogP contribution >= 0.6 is 0 Å². The minimum absolute atomic E-state index is 0.106. The maximum atomic E-state index is 13.0. The number of urea groups is 1. The second-order valence-electron chi connectivity index (χ2n) is 9.45. The van der Waals surface area contributed by atoms with Crippen molar-refractivity contribution in [2.45, 2.75) is 19.0 Å². The zero-order valence-corrected chi connectivity index (χ0v) is 20.7. The first-order chi connectivity index (χ1) is 18.2. The fraction of sp³-hybridized carbons (Fsp3) is 0.269. The van der Waals surface area contributed by atoms with Crippen molar-refractivity contribution in [3.8, 4) is 17.0 Å². The number of para-hydroxylation sites is 1. The maximum absolute atomic E-state index is 13.0. The lowest BCUT2D eigenvalue weighted by molar-refractivity contribution is -0.137. The van der Waals surface area contributed by atoms with Crippen LogP contribution in [0.4, 0.5) is 29.5 Å². The molecule has 12 heteroatoms. The highest BCUT2D eigenvalue weighted by Gasteiger charge is 2.31. The molecule has 4 aromatic rings. The summed E-state index contributed by atoms with van der Waals surface area (Å²) in [4.78, 5) is 19.1. The van der Waals surface area contributed by atoms with E-state index in [2.05, 4.69) is 20.7 Å². The van der Waals surface area contributed by atoms with Gasteiger partial charge in [-0.15, -0.1) is 0 Å². The number of piperidine rings is 1. The smallest absolute Gasteiger partial charge is 0.416 e. The van der Waals surface area contributed by atoms with E-state index in [1.54, 1.807) is 33.8 Å². The Balaban J connectivity index is 1.28. The number of alkyl halides is 3. The Morgan fingerprint density at radius 1 is 1.16 bits per heavy atom. The fourth-order valence-electron chi connectivity index (χ4n) is 4.67. The third-order valence-electron chi connectivity index (χ3n) is 6.65. The number of likely N-dealkylation sites (tertiary alicyclic amines) is 1. The van der Waals surface area contributed by atoms with E-state index in [0.29, 0.717) is 42.4 Å². The Bertz CT molecular complexity index is 1480. The normalized spacial score (nSPS) is 16.0. The number of amides is 2. The second-order valence-corrected chi connectivity index (χ2v) is 9.45. The van der Waals surface area contributed by atoms with Crippen LogP contribution in [0.15, 0.2) is 60.8 Å². The Morgan fingerprint density at radius 3 is 2.76 bits per heavy atom. The third kappa shape index (κ3) is 5.39. The van der Waals surface area contributed by atoms with Gasteiger partial charge in [0.25, 0.3) is 0 Å². The number of nitrogens with one attached hydrogen (secondary N) is 2. The molecule has 0 aliphatic carbocycles. The number of fused-ring (bicyclic) bond motifs is 1. The van der Waals surface area contributed by atoms with Gasteiger partial charge in [0.1, 0.15) is 19.4 Å². The lowest BCUT2D eigenvalue weighted by Gasteiger charge is -2.33. The van der Waals surface area contributed by atoms with Crippen LogP contribution in [0.2, 0.25) is 0 Å². The minimum Gasteiger partial charge on any atom is -0.507 e. The number of aromatic nitrogens is 3. The van der Waals surface area contributed by atoms with Crippen LogP contribution in [0.3, 0.4) is 0 Å². The van der Waals surface area contributed by atoms with Crippen LogP contribution in [-0.4, -0.2) is 58.1 Å². The molecule has 1 unspecified atom stereocenters. The predicted molar refractivity (Wildman–Crippen MR) is 142 cm³/mol. The molecule has 1 aliphatic heterocycles. The number of phenols is 1. The molecule has 1 atom stereocenters. The number of hydrogen-bond donors (Lipinski definition) is 3. The number of rotatable bonds is 5. The summed E-state index contributed by atoms with van der Waals surface area (Å²) in [5, 5.41) is 20.8. The summed E-state index contributed by atoms with van der Waals surface area (Å²) in [6.07, 6.45) is -1.09. The van der Waals surface area contributed by atoms with E-state index in [9.17, 15) is 23.1 Å². The topological polar surface area (TPSA) is 94.8 Å². The van der Waals surface area contributed by atoms with Crippen LogP contribution in [-0.2, 0) is 6.18 Å². The molecule has 5 rings (SSSR count). The van der Waals surface area contributed by atoms with E-state index >= 15 is 0 Å². The lowest BCUT2D eigenvalue weighted by atomic mass is 9.98. The van der Waals surface area contributed by atoms with Crippen molar-refractivity contribution in [2.24, 2.45) is 5.92 Å². The molecule has 0 saturated carbocycles. The van der Waals surface area contributed by atoms with Gasteiger partial charge in [0.15, 0.2) is 5.65 Å². The summed E-state index contributed by atoms with van der Waals surface area (Å²) in [7, 11) is 1.91. The van der Waals surface area contributed by atoms with Gasteiger partial charge in [0, 0.05) is 43.1 Å². The van der Waals surface area contributed by atoms with E-state index in [4.69, 9.17) is 0 Å². The van der Waals surface area contributed by atoms with Crippen LogP contribution in [0.25, 0.3) is 16.9 Å². The van der Waals surface area contributed by atoms with E-state index in [1.165, 1.54) is 12.1 Å². The molecule has 0 radical (unpaired) electrons. The summed E-state index contributed by atoms with van der Waals surface area (Å²) in [6, 6.07) is 13.0. The number of nitrogens with zero attached hydrogens (tertiary/aromatic N) is 4. The van der Waals surface area contributed by atoms with Crippen molar-refractivity contribution >= 4 is 36.5 Å². The molecule has 196 valence electrons. The standard InChI is InChI=1S/C26H26BF3N6O2/c27-20-14-32-36-23(12-21(34-24(20)36)19-8-1-2-9-22(19)37)31-13-16-5-4-10-35(15-16)25(38)33-18-7-3-6-17(11-18)26(28,29)30/h1-3,6-9,11-12,14,16,31,37H,4-5,10,13,15,27H2,(H,33,38). The second kappa shape index (κ2) is 10.3. The minimum atomic E-state index is -4.48. The van der Waals surface area contributed by atoms with Gasteiger partial charge >= 0.3 is 12.2 Å². The van der Waals surface area contributed by atoms with Gasteiger partial charge in [-0.25, -0.2) is 9.78 Å². The molecule has 2 aromatic carbocycles. The first kappa shape index (κ1) is 25.4. The maximum Gasteiger partial charge on any atom is 0.416 e. The monoisotopic (exact) mass is 522 g/mol. The zero-order chi connectivity index (χ0) is 26.9. The Kier molecular flexibility index (Phi) is 6.88. The molecule has 3 N–H and O–H groups in total. The summed E-state index contributed by atoms with van der Waals surface area (Å²) < 4.78 is 40.8. The molecule has 1 saturated heterocycles. The number of halogens is 3. The molecule has 3 heterocycles. The first-order valence-electron chi connectivity index (χ1n) is 12.3. The summed E-state index contributed by atoms with van der Waals surface area (Å²) in [6.45, 7) is 1.53. The number of aromatic hydroxyl groups is 1. The van der Waals surface area contributed by atoms with Crippen LogP contribution in [0.1, 0.15) is 18.4 Å². The molecule has 0 spiro atoms. The average molecular weight is 522 g/mol. The van der Waals surface area contributed by atoms with Crippen molar-refractivity contribution in [1.82, 2.24) is 19.5 Å². The van der Waals surface area contributed by atoms with Crippen LogP contribution in [0, 0.1) is 5.92 Å². The van der Waals surface area contributed by atoms with E-state index in [1.807, 2.05) is 20.0 Å². The van der Waals surface area contributed by atoms with Gasteiger partial charge in [-0.3, -0.25) is 0 Å². The number of benzene rings is 2. The molecule has 8 nitrogen and oxygen atoms in total. The Labute approximate surface area is 217 Å². The first-order valence-corrected chi connectivity index (χ1v) is 12.3. The quantitative estimate of drug-likeness (QED) is 0.348. The molecule has 2 amide bonds. The van der Waals surface area contributed by atoms with E-state index in [-0.39, 0.29) is 17.4 Å². The Hall–Kier alpha value is -4.22. The van der Waals surface area contributed by atoms with E-state index in [0.717, 1.165) is 30.4 Å². The summed E-state index contributed by atoms with van der Waals surface area (Å²) >= 11 is 0. The van der Waals surface area contributed by atoms with Gasteiger partial charge in [-0.05, 0) is 54.6 Å². The predicted octanol–water partition coefficient (Wildman–Crippen LogP) is 3.74. The van der Waals surface area contributed by atoms with Crippen molar-refractivity contribution in [3.63, 3.8) is 0 Å². The van der Waals surface area contributed by atoms with Gasteiger partial charge in [0.05, 0.1) is 11.3 Å². The Morgan fingerprint density at radius 2 is 1.97 bits per heavy atom. The molecular formula is C26H26BF3N6O2. The number of phenolic OH excluding ortho intramolecular Hbond substituents is 1. The lowest BCUT2D eigenvalue weighted by Crippen LogP contribution is -2.44. The average Bonchev–Trinajstić information content (AvgIpc) is 3.28. The summed E-state index contributed by atoms with van der Waals surface area (Å²) in [5.41, 5.74) is 2.06. The van der Waals surface area contributed by atoms with Crippen molar-refractivity contribution < 1.29 is 23.1 Å². The highest BCUT2D eigenvalue weighted by molar-refractivity contribution is 6.36. The molecule has 38 heavy (non-hydrogen) atoms. The van der Waals surface area contributed by atoms with Crippen molar-refractivity contribution in [1.29, 1.82) is 0 Å². The van der Waals surface area contributed by atoms with Gasteiger partial charge in [0.2, 0.25) is 0 Å². The molecule has 2 aromatic heterocycles. The third-order valence-corrected chi connectivity index (χ3v) is 6.65. The summed E-state index contributed by atoms with van der Waals surface area (Å²) in [5.74, 6) is 0.943. The van der Waals surface area contributed by atoms with Gasteiger partial charge in [-0.2, -0.15) is 22.8 Å². The van der Waals surface area contributed by atoms with Crippen molar-refractivity contribution in [3.05, 3.63) is 66.4 Å². The van der Waals surface area contributed by atoms with Gasteiger partial charge < -0.3 is 20.6 Å².